The maximum atomic E-state index is 12.0. The van der Waals surface area contributed by atoms with Gasteiger partial charge in [-0.3, -0.25) is 9.59 Å². The number of esters is 2. The molecule has 0 unspecified atom stereocenters. The summed E-state index contributed by atoms with van der Waals surface area (Å²) in [6, 6.07) is 0. The van der Waals surface area contributed by atoms with Crippen LogP contribution in [0.25, 0.3) is 0 Å². The van der Waals surface area contributed by atoms with E-state index in [-0.39, 0.29) is 28.7 Å². The minimum atomic E-state index is -1.07. The Hall–Kier alpha value is -1.32. The molecule has 3 fully saturated rings. The Morgan fingerprint density at radius 1 is 1.00 bits per heavy atom. The van der Waals surface area contributed by atoms with Crippen molar-refractivity contribution < 1.29 is 19.1 Å². The minimum Gasteiger partial charge on any atom is -0.422 e. The van der Waals surface area contributed by atoms with E-state index < -0.39 is 5.79 Å². The first-order chi connectivity index (χ1) is 12.7. The number of hydrogen-bond donors (Lipinski definition) is 0. The van der Waals surface area contributed by atoms with Crippen LogP contribution < -0.4 is 0 Å². The van der Waals surface area contributed by atoms with Crippen molar-refractivity contribution in [2.75, 3.05) is 0 Å². The first-order valence-corrected chi connectivity index (χ1v) is 10.8. The lowest BCUT2D eigenvalue weighted by Gasteiger charge is -2.59. The number of allylic oxidation sites excluding steroid dienone is 2. The highest BCUT2D eigenvalue weighted by molar-refractivity contribution is 5.69. The zero-order valence-electron chi connectivity index (χ0n) is 17.3. The largest absolute Gasteiger partial charge is 0.422 e. The summed E-state index contributed by atoms with van der Waals surface area (Å²) in [5.41, 5.74) is 2.00. The van der Waals surface area contributed by atoms with Gasteiger partial charge < -0.3 is 9.47 Å². The van der Waals surface area contributed by atoms with Crippen molar-refractivity contribution in [1.82, 2.24) is 0 Å². The van der Waals surface area contributed by atoms with Crippen LogP contribution in [0.4, 0.5) is 0 Å². The van der Waals surface area contributed by atoms with E-state index in [0.717, 1.165) is 25.7 Å². The monoisotopic (exact) mass is 374 g/mol. The zero-order valence-corrected chi connectivity index (χ0v) is 17.3. The molecule has 5 atom stereocenters. The Bertz CT molecular complexity index is 664. The Morgan fingerprint density at radius 3 is 2.37 bits per heavy atom. The predicted molar refractivity (Wildman–Crippen MR) is 103 cm³/mol. The maximum Gasteiger partial charge on any atom is 0.305 e. The number of fused-ring (bicyclic) bond motifs is 5. The smallest absolute Gasteiger partial charge is 0.305 e. The summed E-state index contributed by atoms with van der Waals surface area (Å²) >= 11 is 0. The van der Waals surface area contributed by atoms with Gasteiger partial charge in [0.25, 0.3) is 5.79 Å². The first kappa shape index (κ1) is 19.0. The second kappa shape index (κ2) is 6.35. The molecular weight excluding hydrogens is 340 g/mol. The second-order valence-electron chi connectivity index (χ2n) is 10.0. The van der Waals surface area contributed by atoms with Gasteiger partial charge in [0, 0.05) is 26.2 Å². The van der Waals surface area contributed by atoms with E-state index in [9.17, 15) is 9.59 Å². The summed E-state index contributed by atoms with van der Waals surface area (Å²) in [6.45, 7) is 7.67. The van der Waals surface area contributed by atoms with Crippen LogP contribution in [0.2, 0.25) is 0 Å². The van der Waals surface area contributed by atoms with Crippen LogP contribution in [0.3, 0.4) is 0 Å². The van der Waals surface area contributed by atoms with Gasteiger partial charge in [0.15, 0.2) is 0 Å². The van der Waals surface area contributed by atoms with Crippen LogP contribution in [0.15, 0.2) is 11.6 Å². The molecule has 0 saturated heterocycles. The molecule has 0 bridgehead atoms. The summed E-state index contributed by atoms with van der Waals surface area (Å²) in [5.74, 6) is -0.602. The topological polar surface area (TPSA) is 52.6 Å². The van der Waals surface area contributed by atoms with Crippen LogP contribution in [-0.4, -0.2) is 17.7 Å². The van der Waals surface area contributed by atoms with Crippen LogP contribution in [-0.2, 0) is 19.1 Å². The molecule has 4 heteroatoms. The van der Waals surface area contributed by atoms with Crippen LogP contribution in [0.5, 0.6) is 0 Å². The van der Waals surface area contributed by atoms with Gasteiger partial charge in [0.05, 0.1) is 0 Å². The molecule has 0 aromatic carbocycles. The van der Waals surface area contributed by atoms with Crippen molar-refractivity contribution in [2.24, 2.45) is 28.6 Å². The van der Waals surface area contributed by atoms with E-state index in [0.29, 0.717) is 18.3 Å². The van der Waals surface area contributed by atoms with Crippen molar-refractivity contribution in [3.8, 4) is 0 Å². The molecule has 0 aliphatic heterocycles. The Kier molecular flexibility index (Phi) is 4.47. The number of rotatable bonds is 2. The Morgan fingerprint density at radius 2 is 1.70 bits per heavy atom. The molecule has 0 N–H and O–H groups in total. The highest BCUT2D eigenvalue weighted by atomic mass is 16.7. The second-order valence-corrected chi connectivity index (χ2v) is 10.0. The fraction of sp³-hybridized carbons (Fsp3) is 0.826. The summed E-state index contributed by atoms with van der Waals surface area (Å²) < 4.78 is 11.7. The van der Waals surface area contributed by atoms with E-state index in [1.165, 1.54) is 39.5 Å². The van der Waals surface area contributed by atoms with Gasteiger partial charge in [-0.1, -0.05) is 25.5 Å². The normalized spacial score (nSPS) is 42.2. The first-order valence-electron chi connectivity index (χ1n) is 10.8. The SMILES string of the molecule is CC(=O)OC1(OC(C)=O)CC[C@@]2(C)CC[C@H]3[C@@H](CCC4=CCCC[C@@]43C)[C@H]12. The average Bonchev–Trinajstić information content (AvgIpc) is 2.85. The molecule has 4 rings (SSSR count). The molecule has 150 valence electrons. The van der Waals surface area contributed by atoms with E-state index in [1.807, 2.05) is 0 Å². The lowest BCUT2D eigenvalue weighted by molar-refractivity contribution is -0.262. The molecule has 0 heterocycles. The van der Waals surface area contributed by atoms with Gasteiger partial charge in [0.2, 0.25) is 0 Å². The number of hydrogen-bond acceptors (Lipinski definition) is 4. The van der Waals surface area contributed by atoms with Crippen LogP contribution >= 0.6 is 0 Å². The number of carbonyl (C=O) groups excluding carboxylic acids is 2. The fourth-order valence-electron chi connectivity index (χ4n) is 7.52. The summed E-state index contributed by atoms with van der Waals surface area (Å²) in [6.07, 6.45) is 12.5. The zero-order chi connectivity index (χ0) is 19.4. The Labute approximate surface area is 163 Å². The molecule has 0 aromatic heterocycles. The van der Waals surface area contributed by atoms with Gasteiger partial charge in [-0.25, -0.2) is 0 Å². The van der Waals surface area contributed by atoms with Gasteiger partial charge in [-0.15, -0.1) is 0 Å². The Balaban J connectivity index is 1.75. The highest BCUT2D eigenvalue weighted by Gasteiger charge is 2.67. The van der Waals surface area contributed by atoms with Gasteiger partial charge in [-0.05, 0) is 74.0 Å². The molecule has 3 saturated carbocycles. The van der Waals surface area contributed by atoms with Crippen molar-refractivity contribution >= 4 is 11.9 Å². The number of ether oxygens (including phenoxy) is 2. The fourth-order valence-corrected chi connectivity index (χ4v) is 7.52. The van der Waals surface area contributed by atoms with Crippen molar-refractivity contribution in [3.05, 3.63) is 11.6 Å². The molecule has 4 aliphatic rings. The van der Waals surface area contributed by atoms with E-state index in [1.54, 1.807) is 5.57 Å². The molecule has 0 spiro atoms. The summed E-state index contributed by atoms with van der Waals surface area (Å²) in [4.78, 5) is 24.0. The standard InChI is InChI=1S/C23H34O4/c1-15(24)26-23(27-16(2)25)14-13-21(3)12-10-19-18(20(21)23)9-8-17-7-5-6-11-22(17,19)4/h7,18-20H,5-6,8-14H2,1-4H3/t18-,19+,20+,21-,22+/m1/s1. The van der Waals surface area contributed by atoms with E-state index in [4.69, 9.17) is 9.47 Å². The maximum absolute atomic E-state index is 12.0. The van der Waals surface area contributed by atoms with E-state index >= 15 is 0 Å². The molecular formula is C23H34O4. The summed E-state index contributed by atoms with van der Waals surface area (Å²) in [7, 11) is 0. The van der Waals surface area contributed by atoms with Crippen LogP contribution in [0.1, 0.15) is 85.5 Å². The third-order valence-electron chi connectivity index (χ3n) is 8.46. The molecule has 4 nitrogen and oxygen atoms in total. The van der Waals surface area contributed by atoms with E-state index in [2.05, 4.69) is 19.9 Å². The lowest BCUT2D eigenvalue weighted by atomic mass is 9.47. The lowest BCUT2D eigenvalue weighted by Crippen LogP contribution is -2.56. The van der Waals surface area contributed by atoms with Crippen molar-refractivity contribution in [3.63, 3.8) is 0 Å². The third-order valence-corrected chi connectivity index (χ3v) is 8.46. The number of carbonyl (C=O) groups is 2. The quantitative estimate of drug-likeness (QED) is 0.380. The van der Waals surface area contributed by atoms with Crippen molar-refractivity contribution in [1.29, 1.82) is 0 Å². The predicted octanol–water partition coefficient (Wildman–Crippen LogP) is 5.16. The summed E-state index contributed by atoms with van der Waals surface area (Å²) in [5, 5.41) is 0. The molecule has 0 amide bonds. The van der Waals surface area contributed by atoms with Gasteiger partial charge in [0.1, 0.15) is 0 Å². The van der Waals surface area contributed by atoms with Crippen molar-refractivity contribution in [2.45, 2.75) is 91.3 Å². The molecule has 0 aromatic rings. The highest BCUT2D eigenvalue weighted by Crippen LogP contribution is 2.68. The van der Waals surface area contributed by atoms with Crippen LogP contribution in [0, 0.1) is 28.6 Å². The third kappa shape index (κ3) is 2.86. The van der Waals surface area contributed by atoms with Gasteiger partial charge >= 0.3 is 11.9 Å². The molecule has 4 aliphatic carbocycles. The molecule has 27 heavy (non-hydrogen) atoms. The minimum absolute atomic E-state index is 0.0817. The molecule has 0 radical (unpaired) electrons. The van der Waals surface area contributed by atoms with Gasteiger partial charge in [-0.2, -0.15) is 0 Å². The average molecular weight is 375 g/mol.